The second kappa shape index (κ2) is 4.75. The van der Waals surface area contributed by atoms with Crippen molar-refractivity contribution in [2.75, 3.05) is 18.5 Å². The van der Waals surface area contributed by atoms with E-state index >= 15 is 0 Å². The van der Waals surface area contributed by atoms with Gasteiger partial charge in [-0.25, -0.2) is 4.98 Å². The second-order valence-corrected chi connectivity index (χ2v) is 5.24. The Morgan fingerprint density at radius 1 is 1.58 bits per heavy atom. The number of hydrogen-bond donors (Lipinski definition) is 1. The van der Waals surface area contributed by atoms with Gasteiger partial charge in [0, 0.05) is 19.9 Å². The number of hydrogen-bond acceptors (Lipinski definition) is 6. The highest BCUT2D eigenvalue weighted by atomic mass is 32.1. The predicted octanol–water partition coefficient (Wildman–Crippen LogP) is 1.29. The van der Waals surface area contributed by atoms with Crippen molar-refractivity contribution in [3.63, 3.8) is 0 Å². The minimum absolute atomic E-state index is 0.0150. The standard InChI is InChI=1S/C12H14N4O2S/c1-7-15-9(5-18-7)16-4-3-8-11(19-6-14-8)10(13-2)12(16)17/h5-6,10,13H,3-4H2,1-2H3. The van der Waals surface area contributed by atoms with Crippen molar-refractivity contribution >= 4 is 23.1 Å². The van der Waals surface area contributed by atoms with Crippen LogP contribution in [0.2, 0.25) is 0 Å². The van der Waals surface area contributed by atoms with Crippen LogP contribution in [0.15, 0.2) is 16.2 Å². The van der Waals surface area contributed by atoms with E-state index in [1.54, 1.807) is 24.4 Å². The maximum atomic E-state index is 12.6. The van der Waals surface area contributed by atoms with Crippen molar-refractivity contribution in [2.45, 2.75) is 19.4 Å². The molecule has 3 rings (SSSR count). The summed E-state index contributed by atoms with van der Waals surface area (Å²) in [6, 6.07) is -0.359. The zero-order valence-electron chi connectivity index (χ0n) is 10.7. The van der Waals surface area contributed by atoms with Crippen molar-refractivity contribution in [2.24, 2.45) is 0 Å². The van der Waals surface area contributed by atoms with E-state index in [1.165, 1.54) is 17.6 Å². The molecule has 2 aromatic rings. The van der Waals surface area contributed by atoms with Crippen LogP contribution in [0.5, 0.6) is 0 Å². The minimum Gasteiger partial charge on any atom is -0.447 e. The number of carbonyl (C=O) groups excluding carboxylic acids is 1. The number of nitrogens with zero attached hydrogens (tertiary/aromatic N) is 3. The fourth-order valence-electron chi connectivity index (χ4n) is 2.25. The maximum Gasteiger partial charge on any atom is 0.250 e. The first-order valence-corrected chi connectivity index (χ1v) is 6.91. The van der Waals surface area contributed by atoms with Crippen LogP contribution in [-0.4, -0.2) is 29.5 Å². The topological polar surface area (TPSA) is 71.3 Å². The van der Waals surface area contributed by atoms with Crippen LogP contribution in [-0.2, 0) is 11.2 Å². The molecule has 0 bridgehead atoms. The molecule has 100 valence electrons. The van der Waals surface area contributed by atoms with Crippen LogP contribution >= 0.6 is 11.3 Å². The van der Waals surface area contributed by atoms with Crippen LogP contribution in [0.1, 0.15) is 22.5 Å². The van der Waals surface area contributed by atoms with Gasteiger partial charge in [-0.2, -0.15) is 4.98 Å². The van der Waals surface area contributed by atoms with Crippen LogP contribution in [0, 0.1) is 6.92 Å². The van der Waals surface area contributed by atoms with E-state index < -0.39 is 0 Å². The average molecular weight is 278 g/mol. The highest BCUT2D eigenvalue weighted by molar-refractivity contribution is 7.10. The quantitative estimate of drug-likeness (QED) is 0.896. The Bertz CT molecular complexity index is 606. The highest BCUT2D eigenvalue weighted by Crippen LogP contribution is 2.29. The number of likely N-dealkylation sites (N-methyl/N-ethyl adjacent to an activating group) is 1. The van der Waals surface area contributed by atoms with E-state index in [1.807, 2.05) is 0 Å². The largest absolute Gasteiger partial charge is 0.447 e. The smallest absolute Gasteiger partial charge is 0.250 e. The Labute approximate surface area is 114 Å². The lowest BCUT2D eigenvalue weighted by Gasteiger charge is -2.21. The van der Waals surface area contributed by atoms with E-state index in [0.29, 0.717) is 18.3 Å². The molecule has 0 aliphatic carbocycles. The van der Waals surface area contributed by atoms with Gasteiger partial charge < -0.3 is 9.73 Å². The molecule has 1 N–H and O–H groups in total. The number of amides is 1. The van der Waals surface area contributed by atoms with Gasteiger partial charge in [-0.1, -0.05) is 0 Å². The van der Waals surface area contributed by atoms with E-state index in [0.717, 1.165) is 17.0 Å². The van der Waals surface area contributed by atoms with Crippen molar-refractivity contribution in [3.05, 3.63) is 28.2 Å². The van der Waals surface area contributed by atoms with Gasteiger partial charge >= 0.3 is 0 Å². The Morgan fingerprint density at radius 2 is 2.42 bits per heavy atom. The molecule has 0 spiro atoms. The van der Waals surface area contributed by atoms with E-state index in [9.17, 15) is 4.79 Å². The van der Waals surface area contributed by atoms with E-state index in [4.69, 9.17) is 4.42 Å². The van der Waals surface area contributed by atoms with Crippen molar-refractivity contribution < 1.29 is 9.21 Å². The van der Waals surface area contributed by atoms with Crippen molar-refractivity contribution in [1.29, 1.82) is 0 Å². The minimum atomic E-state index is -0.359. The molecule has 6 nitrogen and oxygen atoms in total. The van der Waals surface area contributed by atoms with Crippen molar-refractivity contribution in [1.82, 2.24) is 15.3 Å². The molecule has 0 saturated heterocycles. The molecule has 1 unspecified atom stereocenters. The zero-order valence-corrected chi connectivity index (χ0v) is 11.5. The summed E-state index contributed by atoms with van der Waals surface area (Å²) in [6.45, 7) is 2.33. The summed E-state index contributed by atoms with van der Waals surface area (Å²) in [4.78, 5) is 23.8. The fourth-order valence-corrected chi connectivity index (χ4v) is 3.19. The number of fused-ring (bicyclic) bond motifs is 1. The van der Waals surface area contributed by atoms with Crippen LogP contribution < -0.4 is 10.2 Å². The van der Waals surface area contributed by atoms with Crippen molar-refractivity contribution in [3.8, 4) is 0 Å². The third-order valence-corrected chi connectivity index (χ3v) is 4.13. The molecular formula is C12H14N4O2S. The number of aryl methyl sites for hydroxylation is 1. The molecule has 1 aliphatic heterocycles. The third kappa shape index (κ3) is 2.04. The monoisotopic (exact) mass is 278 g/mol. The molecule has 7 heteroatoms. The predicted molar refractivity (Wildman–Crippen MR) is 71.2 cm³/mol. The van der Waals surface area contributed by atoms with Gasteiger partial charge in [0.25, 0.3) is 5.91 Å². The number of thiazole rings is 1. The lowest BCUT2D eigenvalue weighted by molar-refractivity contribution is -0.120. The highest BCUT2D eigenvalue weighted by Gasteiger charge is 2.33. The average Bonchev–Trinajstić information content (AvgIpc) is 2.98. The van der Waals surface area contributed by atoms with Gasteiger partial charge in [-0.3, -0.25) is 9.69 Å². The first-order valence-electron chi connectivity index (χ1n) is 6.03. The first kappa shape index (κ1) is 12.3. The number of carbonyl (C=O) groups is 1. The summed E-state index contributed by atoms with van der Waals surface area (Å²) in [5.74, 6) is 1.11. The summed E-state index contributed by atoms with van der Waals surface area (Å²) < 4.78 is 5.20. The summed E-state index contributed by atoms with van der Waals surface area (Å²) in [5.41, 5.74) is 2.78. The lowest BCUT2D eigenvalue weighted by Crippen LogP contribution is -2.39. The van der Waals surface area contributed by atoms with Crippen LogP contribution in [0.4, 0.5) is 5.82 Å². The molecule has 1 atom stereocenters. The second-order valence-electron chi connectivity index (χ2n) is 4.35. The fraction of sp³-hybridized carbons (Fsp3) is 0.417. The SMILES string of the molecule is CNC1C(=O)N(c2coc(C)n2)CCc2ncsc21. The molecule has 0 saturated carbocycles. The normalized spacial score (nSPS) is 19.4. The molecule has 0 aromatic carbocycles. The third-order valence-electron chi connectivity index (χ3n) is 3.19. The summed E-state index contributed by atoms with van der Waals surface area (Å²) >= 11 is 1.51. The molecule has 2 aromatic heterocycles. The molecule has 0 radical (unpaired) electrons. The number of oxazole rings is 1. The maximum absolute atomic E-state index is 12.6. The number of nitrogens with one attached hydrogen (secondary N) is 1. The number of aromatic nitrogens is 2. The number of anilines is 1. The molecule has 19 heavy (non-hydrogen) atoms. The Balaban J connectivity index is 1.98. The van der Waals surface area contributed by atoms with E-state index in [-0.39, 0.29) is 11.9 Å². The lowest BCUT2D eigenvalue weighted by atomic mass is 10.2. The van der Waals surface area contributed by atoms with Gasteiger partial charge in [0.15, 0.2) is 11.7 Å². The molecule has 1 aliphatic rings. The molecule has 0 fully saturated rings. The Hall–Kier alpha value is -1.73. The summed E-state index contributed by atoms with van der Waals surface area (Å²) in [7, 11) is 1.78. The van der Waals surface area contributed by atoms with Gasteiger partial charge in [-0.05, 0) is 7.05 Å². The van der Waals surface area contributed by atoms with Gasteiger partial charge in [0.1, 0.15) is 12.3 Å². The first-order chi connectivity index (χ1) is 9.20. The Kier molecular flexibility index (Phi) is 3.08. The van der Waals surface area contributed by atoms with Gasteiger partial charge in [-0.15, -0.1) is 11.3 Å². The van der Waals surface area contributed by atoms with Gasteiger partial charge in [0.2, 0.25) is 0 Å². The summed E-state index contributed by atoms with van der Waals surface area (Å²) in [6.07, 6.45) is 2.25. The zero-order chi connectivity index (χ0) is 13.4. The van der Waals surface area contributed by atoms with E-state index in [2.05, 4.69) is 15.3 Å². The molecule has 1 amide bonds. The summed E-state index contributed by atoms with van der Waals surface area (Å²) in [5, 5.41) is 3.06. The number of rotatable bonds is 2. The Morgan fingerprint density at radius 3 is 3.11 bits per heavy atom. The van der Waals surface area contributed by atoms with Crippen LogP contribution in [0.25, 0.3) is 0 Å². The van der Waals surface area contributed by atoms with Crippen LogP contribution in [0.3, 0.4) is 0 Å². The molecular weight excluding hydrogens is 264 g/mol. The van der Waals surface area contributed by atoms with Gasteiger partial charge in [0.05, 0.1) is 16.1 Å². The molecule has 3 heterocycles.